The van der Waals surface area contributed by atoms with Crippen LogP contribution in [0, 0.1) is 6.92 Å². The highest BCUT2D eigenvalue weighted by atomic mass is 32.2. The molecule has 2 aromatic carbocycles. The maximum Gasteiger partial charge on any atom is 0.257 e. The molecule has 0 aromatic heterocycles. The van der Waals surface area contributed by atoms with E-state index in [1.54, 1.807) is 24.3 Å². The van der Waals surface area contributed by atoms with Crippen LogP contribution in [0.5, 0.6) is 0 Å². The molecule has 0 bridgehead atoms. The first-order valence-corrected chi connectivity index (χ1v) is 10.9. The minimum absolute atomic E-state index is 0.121. The predicted octanol–water partition coefficient (Wildman–Crippen LogP) is 3.61. The molecule has 0 saturated heterocycles. The normalized spacial score (nSPS) is 12.6. The van der Waals surface area contributed by atoms with Gasteiger partial charge in [-0.25, -0.2) is 8.42 Å². The number of hydrogen-bond acceptors (Lipinski definition) is 4. The van der Waals surface area contributed by atoms with Gasteiger partial charge < -0.3 is 0 Å². The summed E-state index contributed by atoms with van der Waals surface area (Å²) in [5.41, 5.74) is 4.49. The Morgan fingerprint density at radius 1 is 1.08 bits per heavy atom. The molecule has 0 fully saturated rings. The number of carbonyl (C=O) groups is 1. The second kappa shape index (κ2) is 9.21. The lowest BCUT2D eigenvalue weighted by atomic mass is 9.99. The summed E-state index contributed by atoms with van der Waals surface area (Å²) in [6, 6.07) is 14.5. The van der Waals surface area contributed by atoms with E-state index in [-0.39, 0.29) is 10.6 Å². The third kappa shape index (κ3) is 5.86. The molecule has 7 heteroatoms. The van der Waals surface area contributed by atoms with Gasteiger partial charge in [0.25, 0.3) is 10.0 Å². The number of sulfonamides is 1. The Labute approximate surface area is 159 Å². The van der Waals surface area contributed by atoms with E-state index in [4.69, 9.17) is 0 Å². The van der Waals surface area contributed by atoms with E-state index >= 15 is 0 Å². The van der Waals surface area contributed by atoms with Gasteiger partial charge in [-0.1, -0.05) is 43.7 Å². The van der Waals surface area contributed by atoms with Crippen LogP contribution in [0.25, 0.3) is 0 Å². The largest absolute Gasteiger partial charge is 0.277 e. The number of aryl methyl sites for hydroxylation is 1. The highest BCUT2D eigenvalue weighted by molar-refractivity contribution is 8.00. The number of carbonyl (C=O) groups excluding carboxylic acids is 1. The van der Waals surface area contributed by atoms with Gasteiger partial charge in [-0.05, 0) is 49.1 Å². The third-order valence-corrected chi connectivity index (χ3v) is 6.36. The van der Waals surface area contributed by atoms with Crippen LogP contribution in [0.2, 0.25) is 0 Å². The van der Waals surface area contributed by atoms with Crippen LogP contribution in [-0.2, 0) is 14.8 Å². The summed E-state index contributed by atoms with van der Waals surface area (Å²) in [6.07, 6.45) is 0.985. The first-order chi connectivity index (χ1) is 12.3. The summed E-state index contributed by atoms with van der Waals surface area (Å²) in [6.45, 7) is 6.17. The Hall–Kier alpha value is -1.83. The molecule has 0 aliphatic heterocycles. The topological polar surface area (TPSA) is 75.3 Å². The van der Waals surface area contributed by atoms with E-state index in [1.165, 1.54) is 11.8 Å². The summed E-state index contributed by atoms with van der Waals surface area (Å²) in [7, 11) is -3.78. The Bertz CT molecular complexity index is 832. The fourth-order valence-corrected chi connectivity index (χ4v) is 3.77. The minimum atomic E-state index is -3.78. The lowest BCUT2D eigenvalue weighted by molar-refractivity contribution is -0.119. The molecule has 0 radical (unpaired) electrons. The van der Waals surface area contributed by atoms with Crippen molar-refractivity contribution in [2.45, 2.75) is 42.9 Å². The van der Waals surface area contributed by atoms with Crippen molar-refractivity contribution in [2.75, 3.05) is 5.75 Å². The van der Waals surface area contributed by atoms with E-state index in [0.717, 1.165) is 22.4 Å². The zero-order valence-electron chi connectivity index (χ0n) is 15.2. The van der Waals surface area contributed by atoms with Crippen LogP contribution >= 0.6 is 11.8 Å². The van der Waals surface area contributed by atoms with Gasteiger partial charge in [0.2, 0.25) is 5.91 Å². The van der Waals surface area contributed by atoms with Gasteiger partial charge in [0.1, 0.15) is 0 Å². The van der Waals surface area contributed by atoms with Crippen molar-refractivity contribution in [3.8, 4) is 0 Å². The molecule has 0 aliphatic carbocycles. The van der Waals surface area contributed by atoms with Crippen LogP contribution in [0.3, 0.4) is 0 Å². The van der Waals surface area contributed by atoms with Crippen molar-refractivity contribution in [3.63, 3.8) is 0 Å². The van der Waals surface area contributed by atoms with Crippen LogP contribution in [0.15, 0.2) is 58.3 Å². The molecule has 1 atom stereocenters. The lowest BCUT2D eigenvalue weighted by Gasteiger charge is -2.11. The number of nitrogens with one attached hydrogen (secondary N) is 2. The average molecular weight is 393 g/mol. The summed E-state index contributed by atoms with van der Waals surface area (Å²) in [5.74, 6) is 0.0898. The monoisotopic (exact) mass is 392 g/mol. The zero-order chi connectivity index (χ0) is 19.2. The number of hydrogen-bond donors (Lipinski definition) is 2. The van der Waals surface area contributed by atoms with Gasteiger partial charge in [0.05, 0.1) is 10.6 Å². The van der Waals surface area contributed by atoms with Crippen molar-refractivity contribution < 1.29 is 13.2 Å². The maximum atomic E-state index is 12.3. The van der Waals surface area contributed by atoms with E-state index in [0.29, 0.717) is 5.92 Å². The zero-order valence-corrected chi connectivity index (χ0v) is 16.8. The molecule has 0 aliphatic rings. The molecule has 2 aromatic rings. The highest BCUT2D eigenvalue weighted by Gasteiger charge is 2.15. The second-order valence-electron chi connectivity index (χ2n) is 6.13. The Morgan fingerprint density at radius 3 is 2.27 bits per heavy atom. The van der Waals surface area contributed by atoms with Crippen LogP contribution in [-0.4, -0.2) is 20.1 Å². The van der Waals surface area contributed by atoms with Crippen molar-refractivity contribution >= 4 is 27.7 Å². The molecule has 0 unspecified atom stereocenters. The quantitative estimate of drug-likeness (QED) is 0.532. The Balaban J connectivity index is 1.88. The minimum Gasteiger partial charge on any atom is -0.277 e. The van der Waals surface area contributed by atoms with Gasteiger partial charge in [-0.2, -0.15) is 0 Å². The molecule has 0 heterocycles. The van der Waals surface area contributed by atoms with Crippen LogP contribution in [0.4, 0.5) is 0 Å². The highest BCUT2D eigenvalue weighted by Crippen LogP contribution is 2.20. The van der Waals surface area contributed by atoms with Gasteiger partial charge in [0.15, 0.2) is 0 Å². The standard InChI is InChI=1S/C19H24N2O3S2/c1-4-15(3)16-7-11-18(12-8-16)26(23,24)21-20-19(22)13-25-17-9-5-14(2)6-10-17/h5-12,15,21H,4,13H2,1-3H3,(H,20,22)/t15-/m0/s1. The lowest BCUT2D eigenvalue weighted by Crippen LogP contribution is -2.42. The maximum absolute atomic E-state index is 12.3. The van der Waals surface area contributed by atoms with Gasteiger partial charge >= 0.3 is 0 Å². The third-order valence-electron chi connectivity index (χ3n) is 4.09. The van der Waals surface area contributed by atoms with Crippen LogP contribution < -0.4 is 10.3 Å². The number of benzene rings is 2. The molecular weight excluding hydrogens is 368 g/mol. The summed E-state index contributed by atoms with van der Waals surface area (Å²) in [5, 5.41) is 0. The molecular formula is C19H24N2O3S2. The molecule has 2 N–H and O–H groups in total. The molecule has 26 heavy (non-hydrogen) atoms. The summed E-state index contributed by atoms with van der Waals surface area (Å²) >= 11 is 1.34. The molecule has 1 amide bonds. The fraction of sp³-hybridized carbons (Fsp3) is 0.316. The number of hydrazine groups is 1. The van der Waals surface area contributed by atoms with Gasteiger partial charge in [0, 0.05) is 4.90 Å². The van der Waals surface area contributed by atoms with Crippen molar-refractivity contribution in [1.82, 2.24) is 10.3 Å². The average Bonchev–Trinajstić information content (AvgIpc) is 2.65. The Morgan fingerprint density at radius 2 is 1.69 bits per heavy atom. The molecule has 140 valence electrons. The molecule has 0 saturated carbocycles. The van der Waals surface area contributed by atoms with Crippen LogP contribution in [0.1, 0.15) is 37.3 Å². The van der Waals surface area contributed by atoms with E-state index in [1.807, 2.05) is 31.2 Å². The summed E-state index contributed by atoms with van der Waals surface area (Å²) < 4.78 is 24.5. The molecule has 5 nitrogen and oxygen atoms in total. The van der Waals surface area contributed by atoms with Gasteiger partial charge in [-0.15, -0.1) is 16.6 Å². The van der Waals surface area contributed by atoms with E-state index in [9.17, 15) is 13.2 Å². The predicted molar refractivity (Wildman–Crippen MR) is 106 cm³/mol. The first-order valence-electron chi connectivity index (χ1n) is 8.42. The van der Waals surface area contributed by atoms with Crippen molar-refractivity contribution in [1.29, 1.82) is 0 Å². The van der Waals surface area contributed by atoms with Crippen molar-refractivity contribution in [3.05, 3.63) is 59.7 Å². The van der Waals surface area contributed by atoms with E-state index in [2.05, 4.69) is 24.1 Å². The smallest absolute Gasteiger partial charge is 0.257 e. The number of amides is 1. The summed E-state index contributed by atoms with van der Waals surface area (Å²) in [4.78, 5) is 15.1. The fourth-order valence-electron chi connectivity index (χ4n) is 2.21. The van der Waals surface area contributed by atoms with Crippen molar-refractivity contribution in [2.24, 2.45) is 0 Å². The Kier molecular flexibility index (Phi) is 7.25. The number of rotatable bonds is 8. The second-order valence-corrected chi connectivity index (χ2v) is 8.86. The molecule has 2 rings (SSSR count). The SMILES string of the molecule is CC[C@H](C)c1ccc(S(=O)(=O)NNC(=O)CSc2ccc(C)cc2)cc1. The number of thioether (sulfide) groups is 1. The molecule has 0 spiro atoms. The van der Waals surface area contributed by atoms with E-state index < -0.39 is 15.9 Å². The van der Waals surface area contributed by atoms with Gasteiger partial charge in [-0.3, -0.25) is 10.2 Å². The first kappa shape index (κ1) is 20.5.